The summed E-state index contributed by atoms with van der Waals surface area (Å²) < 4.78 is 3.07. The van der Waals surface area contributed by atoms with Crippen molar-refractivity contribution in [3.63, 3.8) is 0 Å². The summed E-state index contributed by atoms with van der Waals surface area (Å²) >= 11 is 9.70. The SMILES string of the molecule is Cc1ccc(C)n1-c1ccc(C(=O)N/N=C\c2ccc(Br)cc2)c(Cl)c1. The molecule has 0 saturated heterocycles. The van der Waals surface area contributed by atoms with Crippen LogP contribution in [0.3, 0.4) is 0 Å². The number of hydrazone groups is 1. The first-order valence-electron chi connectivity index (χ1n) is 7.99. The van der Waals surface area contributed by atoms with Crippen molar-refractivity contribution in [1.82, 2.24) is 9.99 Å². The fourth-order valence-corrected chi connectivity index (χ4v) is 3.20. The van der Waals surface area contributed by atoms with Crippen LogP contribution in [-0.2, 0) is 0 Å². The summed E-state index contributed by atoms with van der Waals surface area (Å²) in [7, 11) is 0. The Balaban J connectivity index is 1.75. The van der Waals surface area contributed by atoms with Crippen LogP contribution in [0.25, 0.3) is 5.69 Å². The molecule has 0 bridgehead atoms. The number of hydrogen-bond acceptors (Lipinski definition) is 2. The number of nitrogens with zero attached hydrogens (tertiary/aromatic N) is 2. The Morgan fingerprint density at radius 2 is 1.73 bits per heavy atom. The Morgan fingerprint density at radius 3 is 2.35 bits per heavy atom. The van der Waals surface area contributed by atoms with Gasteiger partial charge in [-0.2, -0.15) is 5.10 Å². The van der Waals surface area contributed by atoms with Gasteiger partial charge in [-0.05, 0) is 61.9 Å². The number of nitrogens with one attached hydrogen (secondary N) is 1. The molecule has 1 heterocycles. The van der Waals surface area contributed by atoms with E-state index < -0.39 is 0 Å². The molecule has 0 atom stereocenters. The number of carbonyl (C=O) groups is 1. The Labute approximate surface area is 165 Å². The monoisotopic (exact) mass is 429 g/mol. The third kappa shape index (κ3) is 4.06. The van der Waals surface area contributed by atoms with Crippen LogP contribution in [0.5, 0.6) is 0 Å². The molecule has 132 valence electrons. The number of carbonyl (C=O) groups excluding carboxylic acids is 1. The first-order chi connectivity index (χ1) is 12.5. The smallest absolute Gasteiger partial charge is 0.272 e. The number of aryl methyl sites for hydroxylation is 2. The lowest BCUT2D eigenvalue weighted by Crippen LogP contribution is -2.18. The van der Waals surface area contributed by atoms with Gasteiger partial charge in [-0.15, -0.1) is 0 Å². The van der Waals surface area contributed by atoms with Crippen molar-refractivity contribution in [3.8, 4) is 5.69 Å². The highest BCUT2D eigenvalue weighted by molar-refractivity contribution is 9.10. The van der Waals surface area contributed by atoms with E-state index in [1.165, 1.54) is 0 Å². The highest BCUT2D eigenvalue weighted by Crippen LogP contribution is 2.23. The lowest BCUT2D eigenvalue weighted by Gasteiger charge is -2.11. The van der Waals surface area contributed by atoms with E-state index in [1.54, 1.807) is 18.3 Å². The molecule has 1 N–H and O–H groups in total. The highest BCUT2D eigenvalue weighted by Gasteiger charge is 2.12. The van der Waals surface area contributed by atoms with E-state index in [1.807, 2.05) is 56.3 Å². The van der Waals surface area contributed by atoms with Crippen LogP contribution in [0.1, 0.15) is 27.3 Å². The molecule has 0 aliphatic rings. The first kappa shape index (κ1) is 18.4. The van der Waals surface area contributed by atoms with Crippen molar-refractivity contribution in [2.45, 2.75) is 13.8 Å². The molecule has 0 fully saturated rings. The summed E-state index contributed by atoms with van der Waals surface area (Å²) in [5.74, 6) is -0.351. The molecule has 0 radical (unpaired) electrons. The van der Waals surface area contributed by atoms with Crippen LogP contribution >= 0.6 is 27.5 Å². The molecule has 6 heteroatoms. The second-order valence-electron chi connectivity index (χ2n) is 5.87. The summed E-state index contributed by atoms with van der Waals surface area (Å²) in [5.41, 5.74) is 6.90. The van der Waals surface area contributed by atoms with Crippen molar-refractivity contribution >= 4 is 39.7 Å². The average molecular weight is 431 g/mol. The average Bonchev–Trinajstić information content (AvgIpc) is 2.95. The number of aromatic nitrogens is 1. The maximum Gasteiger partial charge on any atom is 0.272 e. The van der Waals surface area contributed by atoms with Crippen LogP contribution < -0.4 is 5.43 Å². The normalized spacial score (nSPS) is 11.1. The zero-order valence-corrected chi connectivity index (χ0v) is 16.7. The molecule has 2 aromatic carbocycles. The van der Waals surface area contributed by atoms with Gasteiger partial charge in [-0.25, -0.2) is 5.43 Å². The molecular formula is C20H17BrClN3O. The van der Waals surface area contributed by atoms with Crippen LogP contribution in [0.4, 0.5) is 0 Å². The number of hydrogen-bond donors (Lipinski definition) is 1. The molecule has 3 aromatic rings. The van der Waals surface area contributed by atoms with E-state index in [0.717, 1.165) is 27.1 Å². The molecule has 1 aromatic heterocycles. The maximum atomic E-state index is 12.3. The summed E-state index contributed by atoms with van der Waals surface area (Å²) in [5, 5.41) is 4.37. The van der Waals surface area contributed by atoms with Crippen LogP contribution in [0, 0.1) is 13.8 Å². The predicted molar refractivity (Wildman–Crippen MR) is 109 cm³/mol. The third-order valence-corrected chi connectivity index (χ3v) is 4.82. The summed E-state index contributed by atoms with van der Waals surface area (Å²) in [4.78, 5) is 12.3. The fourth-order valence-electron chi connectivity index (χ4n) is 2.68. The van der Waals surface area contributed by atoms with Gasteiger partial charge >= 0.3 is 0 Å². The zero-order chi connectivity index (χ0) is 18.7. The fraction of sp³-hybridized carbons (Fsp3) is 0.100. The molecular weight excluding hydrogens is 414 g/mol. The van der Waals surface area contributed by atoms with E-state index in [9.17, 15) is 4.79 Å². The van der Waals surface area contributed by atoms with E-state index in [4.69, 9.17) is 11.6 Å². The second kappa shape index (κ2) is 7.89. The largest absolute Gasteiger partial charge is 0.318 e. The van der Waals surface area contributed by atoms with Crippen molar-refractivity contribution in [2.24, 2.45) is 5.10 Å². The van der Waals surface area contributed by atoms with Gasteiger partial charge in [0, 0.05) is 21.5 Å². The number of rotatable bonds is 4. The van der Waals surface area contributed by atoms with Gasteiger partial charge in [-0.1, -0.05) is 39.7 Å². The summed E-state index contributed by atoms with van der Waals surface area (Å²) in [6.45, 7) is 4.05. The lowest BCUT2D eigenvalue weighted by molar-refractivity contribution is 0.0955. The van der Waals surface area contributed by atoms with Gasteiger partial charge in [0.1, 0.15) is 0 Å². The summed E-state index contributed by atoms with van der Waals surface area (Å²) in [6, 6.07) is 17.1. The van der Waals surface area contributed by atoms with Gasteiger partial charge in [0.05, 0.1) is 16.8 Å². The van der Waals surface area contributed by atoms with Crippen LogP contribution in [-0.4, -0.2) is 16.7 Å². The molecule has 3 rings (SSSR count). The minimum Gasteiger partial charge on any atom is -0.318 e. The van der Waals surface area contributed by atoms with E-state index in [0.29, 0.717) is 10.6 Å². The molecule has 4 nitrogen and oxygen atoms in total. The first-order valence-corrected chi connectivity index (χ1v) is 9.16. The summed E-state index contributed by atoms with van der Waals surface area (Å²) in [6.07, 6.45) is 1.58. The Kier molecular flexibility index (Phi) is 5.59. The van der Waals surface area contributed by atoms with Crippen LogP contribution in [0.15, 0.2) is 64.2 Å². The highest BCUT2D eigenvalue weighted by atomic mass is 79.9. The van der Waals surface area contributed by atoms with Gasteiger partial charge in [-0.3, -0.25) is 4.79 Å². The van der Waals surface area contributed by atoms with Gasteiger partial charge < -0.3 is 4.57 Å². The molecule has 26 heavy (non-hydrogen) atoms. The van der Waals surface area contributed by atoms with Gasteiger partial charge in [0.15, 0.2) is 0 Å². The Morgan fingerprint density at radius 1 is 1.08 bits per heavy atom. The number of amides is 1. The topological polar surface area (TPSA) is 46.4 Å². The van der Waals surface area contributed by atoms with Crippen molar-refractivity contribution < 1.29 is 4.79 Å². The van der Waals surface area contributed by atoms with E-state index in [-0.39, 0.29) is 5.91 Å². The van der Waals surface area contributed by atoms with Crippen molar-refractivity contribution in [2.75, 3.05) is 0 Å². The Hall–Kier alpha value is -2.37. The van der Waals surface area contributed by atoms with Gasteiger partial charge in [0.25, 0.3) is 5.91 Å². The quantitative estimate of drug-likeness (QED) is 0.444. The maximum absolute atomic E-state index is 12.3. The molecule has 0 unspecified atom stereocenters. The molecule has 0 aliphatic carbocycles. The molecule has 0 saturated carbocycles. The minimum absolute atomic E-state index is 0.351. The van der Waals surface area contributed by atoms with Crippen molar-refractivity contribution in [1.29, 1.82) is 0 Å². The van der Waals surface area contributed by atoms with Crippen LogP contribution in [0.2, 0.25) is 5.02 Å². The zero-order valence-electron chi connectivity index (χ0n) is 14.3. The molecule has 0 aliphatic heterocycles. The lowest BCUT2D eigenvalue weighted by atomic mass is 10.2. The molecule has 0 spiro atoms. The van der Waals surface area contributed by atoms with E-state index in [2.05, 4.69) is 31.0 Å². The van der Waals surface area contributed by atoms with Crippen molar-refractivity contribution in [3.05, 3.63) is 86.6 Å². The second-order valence-corrected chi connectivity index (χ2v) is 7.19. The molecule has 1 amide bonds. The minimum atomic E-state index is -0.351. The standard InChI is InChI=1S/C20H17BrClN3O/c1-13-3-4-14(2)25(13)17-9-10-18(19(22)11-17)20(26)24-23-12-15-5-7-16(21)8-6-15/h3-12H,1-2H3,(H,24,26)/b23-12-. The van der Waals surface area contributed by atoms with E-state index >= 15 is 0 Å². The predicted octanol–water partition coefficient (Wildman–Crippen LogP) is 5.27. The Bertz CT molecular complexity index is 958. The third-order valence-electron chi connectivity index (χ3n) is 3.98. The number of benzene rings is 2. The number of halogens is 2. The van der Waals surface area contributed by atoms with Gasteiger partial charge in [0.2, 0.25) is 0 Å².